The highest BCUT2D eigenvalue weighted by molar-refractivity contribution is 5.73. The molecule has 3 nitrogen and oxygen atoms in total. The Hall–Kier alpha value is -1.38. The first-order valence-electron chi connectivity index (χ1n) is 4.65. The van der Waals surface area contributed by atoms with Crippen LogP contribution in [-0.4, -0.2) is 10.2 Å². The number of fused-ring (bicyclic) bond motifs is 1. The van der Waals surface area contributed by atoms with Crippen LogP contribution in [0.4, 0.5) is 0 Å². The second kappa shape index (κ2) is 3.56. The predicted octanol–water partition coefficient (Wildman–Crippen LogP) is 1.93. The molecule has 0 bridgehead atoms. The van der Waals surface area contributed by atoms with Crippen LogP contribution in [0.3, 0.4) is 0 Å². The number of aryl methyl sites for hydroxylation is 1. The lowest BCUT2D eigenvalue weighted by Gasteiger charge is -1.98. The van der Waals surface area contributed by atoms with E-state index in [-0.39, 0.29) is 0 Å². The predicted molar refractivity (Wildman–Crippen MR) is 51.5 cm³/mol. The Bertz CT molecular complexity index is 392. The summed E-state index contributed by atoms with van der Waals surface area (Å²) in [7, 11) is 0. The molecule has 2 aromatic rings. The molecule has 0 aliphatic rings. The number of unbranched alkanes of at least 4 members (excludes halogenated alkanes) is 1. The van der Waals surface area contributed by atoms with E-state index in [1.165, 1.54) is 18.4 Å². The van der Waals surface area contributed by atoms with Crippen LogP contribution in [0.2, 0.25) is 0 Å². The van der Waals surface area contributed by atoms with Crippen molar-refractivity contribution >= 4 is 11.0 Å². The summed E-state index contributed by atoms with van der Waals surface area (Å²) in [4.78, 5) is 0. The van der Waals surface area contributed by atoms with Crippen molar-refractivity contribution in [3.8, 4) is 0 Å². The Morgan fingerprint density at radius 2 is 2.08 bits per heavy atom. The van der Waals surface area contributed by atoms with Gasteiger partial charge in [0.1, 0.15) is 0 Å². The van der Waals surface area contributed by atoms with Gasteiger partial charge in [0.15, 0.2) is 0 Å². The minimum absolute atomic E-state index is 0.889. The second-order valence-corrected chi connectivity index (χ2v) is 3.22. The number of rotatable bonds is 3. The fraction of sp³-hybridized carbons (Fsp3) is 0.400. The molecule has 1 aromatic carbocycles. The molecular formula is C10H12N3-. The maximum Gasteiger partial charge on any atom is 0.0667 e. The van der Waals surface area contributed by atoms with E-state index in [0.717, 1.165) is 17.5 Å². The molecule has 0 fully saturated rings. The van der Waals surface area contributed by atoms with E-state index in [1.807, 2.05) is 6.07 Å². The Labute approximate surface area is 77.2 Å². The molecule has 3 heteroatoms. The molecule has 0 saturated carbocycles. The Balaban J connectivity index is 2.26. The standard InChI is InChI=1S/C10H12N3/c1-2-3-4-8-5-6-9-10(7-8)12-13-11-9/h5-7H,2-4H2,1H3/q-1. The van der Waals surface area contributed by atoms with Crippen LogP contribution < -0.4 is 5.21 Å². The highest BCUT2D eigenvalue weighted by Crippen LogP contribution is 2.12. The molecule has 0 radical (unpaired) electrons. The fourth-order valence-electron chi connectivity index (χ4n) is 1.39. The molecular weight excluding hydrogens is 162 g/mol. The first-order valence-corrected chi connectivity index (χ1v) is 4.65. The summed E-state index contributed by atoms with van der Waals surface area (Å²) in [6.07, 6.45) is 3.58. The number of benzene rings is 1. The van der Waals surface area contributed by atoms with Gasteiger partial charge in [0.25, 0.3) is 0 Å². The Morgan fingerprint density at radius 1 is 1.23 bits per heavy atom. The first kappa shape index (κ1) is 8.23. The summed E-state index contributed by atoms with van der Waals surface area (Å²) in [6.45, 7) is 2.20. The van der Waals surface area contributed by atoms with Crippen LogP contribution >= 0.6 is 0 Å². The SMILES string of the molecule is CCCCc1ccc2n[n-]nc2c1. The smallest absolute Gasteiger partial charge is 0.0667 e. The molecule has 0 aliphatic heterocycles. The lowest BCUT2D eigenvalue weighted by atomic mass is 10.1. The zero-order valence-corrected chi connectivity index (χ0v) is 7.70. The maximum absolute atomic E-state index is 3.93. The Morgan fingerprint density at radius 3 is 2.92 bits per heavy atom. The maximum atomic E-state index is 3.93. The molecule has 0 N–H and O–H groups in total. The van der Waals surface area contributed by atoms with Crippen molar-refractivity contribution in [3.63, 3.8) is 0 Å². The third-order valence-corrected chi connectivity index (χ3v) is 2.16. The lowest BCUT2D eigenvalue weighted by Crippen LogP contribution is -1.83. The van der Waals surface area contributed by atoms with Crippen LogP contribution in [-0.2, 0) is 6.42 Å². The summed E-state index contributed by atoms with van der Waals surface area (Å²) in [5.74, 6) is 0. The van der Waals surface area contributed by atoms with Crippen LogP contribution in [0.1, 0.15) is 25.3 Å². The molecule has 0 amide bonds. The monoisotopic (exact) mass is 174 g/mol. The summed E-state index contributed by atoms with van der Waals surface area (Å²) in [5, 5.41) is 11.4. The normalized spacial score (nSPS) is 10.8. The van der Waals surface area contributed by atoms with E-state index in [2.05, 4.69) is 34.5 Å². The first-order chi connectivity index (χ1) is 6.40. The van der Waals surface area contributed by atoms with Crippen molar-refractivity contribution in [2.75, 3.05) is 0 Å². The van der Waals surface area contributed by atoms with E-state index < -0.39 is 0 Å². The zero-order valence-electron chi connectivity index (χ0n) is 7.70. The van der Waals surface area contributed by atoms with Gasteiger partial charge in [-0.25, -0.2) is 0 Å². The molecule has 1 aromatic heterocycles. The summed E-state index contributed by atoms with van der Waals surface area (Å²) in [6, 6.07) is 6.17. The highest BCUT2D eigenvalue weighted by atomic mass is 15.3. The average molecular weight is 174 g/mol. The van der Waals surface area contributed by atoms with Gasteiger partial charge >= 0.3 is 0 Å². The van der Waals surface area contributed by atoms with Crippen molar-refractivity contribution in [3.05, 3.63) is 23.8 Å². The number of aromatic nitrogens is 3. The van der Waals surface area contributed by atoms with Crippen LogP contribution in [0.15, 0.2) is 18.2 Å². The molecule has 2 rings (SSSR count). The van der Waals surface area contributed by atoms with E-state index >= 15 is 0 Å². The van der Waals surface area contributed by atoms with E-state index in [0.29, 0.717) is 0 Å². The average Bonchev–Trinajstić information content (AvgIpc) is 2.61. The van der Waals surface area contributed by atoms with E-state index in [1.54, 1.807) is 0 Å². The molecule has 0 spiro atoms. The molecule has 0 saturated heterocycles. The van der Waals surface area contributed by atoms with Gasteiger partial charge in [-0.15, -0.1) is 0 Å². The summed E-state index contributed by atoms with van der Waals surface area (Å²) in [5.41, 5.74) is 3.13. The van der Waals surface area contributed by atoms with E-state index in [9.17, 15) is 0 Å². The van der Waals surface area contributed by atoms with Gasteiger partial charge in [-0.2, -0.15) is 0 Å². The number of hydrogen-bond donors (Lipinski definition) is 0. The topological polar surface area (TPSA) is 39.9 Å². The third-order valence-electron chi connectivity index (χ3n) is 2.16. The number of nitrogens with zero attached hydrogens (tertiary/aromatic N) is 3. The Kier molecular flexibility index (Phi) is 2.25. The van der Waals surface area contributed by atoms with Gasteiger partial charge in [-0.05, 0) is 30.5 Å². The quantitative estimate of drug-likeness (QED) is 0.713. The van der Waals surface area contributed by atoms with Crippen molar-refractivity contribution in [1.82, 2.24) is 15.4 Å². The minimum Gasteiger partial charge on any atom is -0.492 e. The summed E-state index contributed by atoms with van der Waals surface area (Å²) >= 11 is 0. The molecule has 13 heavy (non-hydrogen) atoms. The molecule has 1 heterocycles. The van der Waals surface area contributed by atoms with Crippen LogP contribution in [0.5, 0.6) is 0 Å². The van der Waals surface area contributed by atoms with Gasteiger partial charge in [-0.1, -0.05) is 19.4 Å². The van der Waals surface area contributed by atoms with Crippen molar-refractivity contribution < 1.29 is 0 Å². The largest absolute Gasteiger partial charge is 0.492 e. The van der Waals surface area contributed by atoms with Crippen molar-refractivity contribution in [1.29, 1.82) is 0 Å². The fourth-order valence-corrected chi connectivity index (χ4v) is 1.39. The highest BCUT2D eigenvalue weighted by Gasteiger charge is 1.95. The van der Waals surface area contributed by atoms with E-state index in [4.69, 9.17) is 0 Å². The summed E-state index contributed by atoms with van der Waals surface area (Å²) < 4.78 is 0. The molecule has 68 valence electrons. The number of hydrogen-bond acceptors (Lipinski definition) is 2. The lowest BCUT2D eigenvalue weighted by molar-refractivity contribution is 0.795. The van der Waals surface area contributed by atoms with Crippen LogP contribution in [0.25, 0.3) is 11.0 Å². The molecule has 0 aliphatic carbocycles. The van der Waals surface area contributed by atoms with Crippen molar-refractivity contribution in [2.24, 2.45) is 0 Å². The van der Waals surface area contributed by atoms with Gasteiger partial charge in [0, 0.05) is 0 Å². The van der Waals surface area contributed by atoms with Gasteiger partial charge < -0.3 is 15.4 Å². The van der Waals surface area contributed by atoms with Gasteiger partial charge in [-0.3, -0.25) is 0 Å². The van der Waals surface area contributed by atoms with Gasteiger partial charge in [0.05, 0.1) is 11.0 Å². The zero-order chi connectivity index (χ0) is 9.10. The van der Waals surface area contributed by atoms with Crippen LogP contribution in [0, 0.1) is 0 Å². The minimum atomic E-state index is 0.889. The molecule has 0 unspecified atom stereocenters. The second-order valence-electron chi connectivity index (χ2n) is 3.22. The van der Waals surface area contributed by atoms with Crippen molar-refractivity contribution in [2.45, 2.75) is 26.2 Å². The van der Waals surface area contributed by atoms with Gasteiger partial charge in [0.2, 0.25) is 0 Å². The third kappa shape index (κ3) is 1.69. The molecule has 0 atom stereocenters.